The van der Waals surface area contributed by atoms with Crippen LogP contribution in [0.3, 0.4) is 0 Å². The van der Waals surface area contributed by atoms with Gasteiger partial charge in [0.1, 0.15) is 10.3 Å². The van der Waals surface area contributed by atoms with E-state index in [-0.39, 0.29) is 17.7 Å². The fraction of sp³-hybridized carbons (Fsp3) is 0.375. The van der Waals surface area contributed by atoms with Gasteiger partial charge in [0.25, 0.3) is 11.5 Å². The first-order valence-corrected chi connectivity index (χ1v) is 8.43. The van der Waals surface area contributed by atoms with Gasteiger partial charge >= 0.3 is 0 Å². The molecule has 0 saturated carbocycles. The van der Waals surface area contributed by atoms with Gasteiger partial charge in [-0.15, -0.1) is 11.3 Å². The van der Waals surface area contributed by atoms with E-state index in [0.717, 1.165) is 10.4 Å². The second kappa shape index (κ2) is 4.97. The van der Waals surface area contributed by atoms with Crippen LogP contribution in [0.25, 0.3) is 20.5 Å². The normalized spacial score (nSPS) is 22.7. The van der Waals surface area contributed by atoms with Crippen LogP contribution in [-0.4, -0.2) is 26.2 Å². The minimum Gasteiger partial charge on any atom is -0.383 e. The molecule has 1 atom stereocenters. The van der Waals surface area contributed by atoms with E-state index in [4.69, 9.17) is 0 Å². The molecule has 4 rings (SSSR count). The minimum atomic E-state index is -3.01. The van der Waals surface area contributed by atoms with E-state index in [1.807, 2.05) is 0 Å². The number of aliphatic hydroxyl groups is 1. The van der Waals surface area contributed by atoms with E-state index in [9.17, 15) is 18.7 Å². The van der Waals surface area contributed by atoms with Gasteiger partial charge < -0.3 is 10.1 Å². The summed E-state index contributed by atoms with van der Waals surface area (Å²) in [5.74, 6) is -3.01. The summed E-state index contributed by atoms with van der Waals surface area (Å²) in [6.45, 7) is 1.64. The molecule has 1 aliphatic carbocycles. The lowest BCUT2D eigenvalue weighted by Gasteiger charge is -2.37. The molecule has 3 aromatic heterocycles. The summed E-state index contributed by atoms with van der Waals surface area (Å²) in [5.41, 5.74) is -0.734. The molecule has 0 bridgehead atoms. The highest BCUT2D eigenvalue weighted by molar-refractivity contribution is 7.22. The summed E-state index contributed by atoms with van der Waals surface area (Å²) in [5, 5.41) is 17.7. The summed E-state index contributed by atoms with van der Waals surface area (Å²) in [4.78, 5) is 15.9. The Morgan fingerprint density at radius 2 is 2.25 bits per heavy atom. The third kappa shape index (κ3) is 2.21. The Kier molecular flexibility index (Phi) is 3.20. The van der Waals surface area contributed by atoms with Crippen LogP contribution in [0.5, 0.6) is 0 Å². The monoisotopic (exact) mass is 351 g/mol. The van der Waals surface area contributed by atoms with Gasteiger partial charge in [-0.1, -0.05) is 6.92 Å². The summed E-state index contributed by atoms with van der Waals surface area (Å²) in [6, 6.07) is 1.73. The van der Waals surface area contributed by atoms with Crippen LogP contribution in [0, 0.1) is 0 Å². The average molecular weight is 351 g/mol. The van der Waals surface area contributed by atoms with E-state index in [0.29, 0.717) is 15.6 Å². The Labute approximate surface area is 139 Å². The number of nitrogens with zero attached hydrogens (tertiary/aromatic N) is 1. The molecule has 0 aromatic carbocycles. The highest BCUT2D eigenvalue weighted by atomic mass is 32.1. The van der Waals surface area contributed by atoms with E-state index in [1.165, 1.54) is 11.3 Å². The highest BCUT2D eigenvalue weighted by Gasteiger charge is 2.48. The summed E-state index contributed by atoms with van der Waals surface area (Å²) in [6.07, 6.45) is 2.24. The average Bonchev–Trinajstić information content (AvgIpc) is 3.16. The number of nitrogens with one attached hydrogen (secondary N) is 2. The Morgan fingerprint density at radius 1 is 1.46 bits per heavy atom. The molecule has 0 unspecified atom stereocenters. The Hall–Kier alpha value is -2.06. The van der Waals surface area contributed by atoms with Gasteiger partial charge in [-0.25, -0.2) is 8.78 Å². The number of fused-ring (bicyclic) bond motifs is 3. The van der Waals surface area contributed by atoms with Crippen LogP contribution >= 0.6 is 11.3 Å². The molecule has 0 fully saturated rings. The zero-order valence-electron chi connectivity index (χ0n) is 12.8. The van der Waals surface area contributed by atoms with Gasteiger partial charge in [0, 0.05) is 34.9 Å². The third-order valence-corrected chi connectivity index (χ3v) is 5.81. The number of H-pyrrole nitrogens is 2. The molecule has 0 amide bonds. The summed E-state index contributed by atoms with van der Waals surface area (Å²) < 4.78 is 28.8. The summed E-state index contributed by atoms with van der Waals surface area (Å²) in [7, 11) is 0. The van der Waals surface area contributed by atoms with Crippen molar-refractivity contribution in [1.29, 1.82) is 0 Å². The molecule has 0 saturated heterocycles. The number of aromatic nitrogens is 3. The van der Waals surface area contributed by atoms with E-state index >= 15 is 0 Å². The van der Waals surface area contributed by atoms with Crippen LogP contribution in [0.1, 0.15) is 31.0 Å². The molecule has 0 spiro atoms. The summed E-state index contributed by atoms with van der Waals surface area (Å²) >= 11 is 1.23. The smallest absolute Gasteiger partial charge is 0.266 e. The fourth-order valence-electron chi connectivity index (χ4n) is 3.41. The number of rotatable bonds is 2. The van der Waals surface area contributed by atoms with Crippen LogP contribution in [0.15, 0.2) is 23.3 Å². The zero-order valence-corrected chi connectivity index (χ0v) is 13.6. The molecule has 3 heterocycles. The third-order valence-electron chi connectivity index (χ3n) is 4.62. The second-order valence-corrected chi connectivity index (χ2v) is 7.29. The van der Waals surface area contributed by atoms with Crippen molar-refractivity contribution in [2.75, 3.05) is 0 Å². The van der Waals surface area contributed by atoms with Crippen LogP contribution in [0.4, 0.5) is 8.78 Å². The first-order chi connectivity index (χ1) is 11.3. The lowest BCUT2D eigenvalue weighted by molar-refractivity contribution is -0.107. The maximum absolute atomic E-state index is 14.2. The van der Waals surface area contributed by atoms with Crippen LogP contribution in [-0.2, 0) is 12.0 Å². The number of thiophene rings is 1. The number of halogens is 2. The Morgan fingerprint density at radius 3 is 2.92 bits per heavy atom. The lowest BCUT2D eigenvalue weighted by Crippen LogP contribution is -2.42. The topological polar surface area (TPSA) is 81.8 Å². The number of pyridine rings is 1. The lowest BCUT2D eigenvalue weighted by atomic mass is 9.78. The number of hydrogen-bond acceptors (Lipinski definition) is 4. The standard InChI is InChI=1S/C16H15F2N3O2S/c1-2-15(23)7-16(17,18)4-10-9-3-11(8-5-19-20-6-8)24-12(9)14(22)21-13(10)15/h3,5-6,23H,2,4,7H2,1H3,(H,19,20)(H,21,22)/t15-/m0/s1. The van der Waals surface area contributed by atoms with Crippen molar-refractivity contribution in [3.05, 3.63) is 40.1 Å². The molecular weight excluding hydrogens is 336 g/mol. The zero-order chi connectivity index (χ0) is 17.1. The largest absolute Gasteiger partial charge is 0.383 e. The highest BCUT2D eigenvalue weighted by Crippen LogP contribution is 2.46. The van der Waals surface area contributed by atoms with Crippen molar-refractivity contribution in [2.24, 2.45) is 0 Å². The molecule has 24 heavy (non-hydrogen) atoms. The molecule has 5 nitrogen and oxygen atoms in total. The molecule has 8 heteroatoms. The SMILES string of the molecule is CC[C@]1(O)CC(F)(F)Cc2c1[nH]c(=O)c1sc(-c3cn[nH]c3)cc21. The predicted octanol–water partition coefficient (Wildman–Crippen LogP) is 3.16. The molecule has 3 N–H and O–H groups in total. The number of alkyl halides is 2. The van der Waals surface area contributed by atoms with Gasteiger partial charge in [0.05, 0.1) is 11.9 Å². The minimum absolute atomic E-state index is 0.107. The van der Waals surface area contributed by atoms with Crippen molar-refractivity contribution >= 4 is 21.4 Å². The molecule has 126 valence electrons. The van der Waals surface area contributed by atoms with Gasteiger partial charge in [-0.2, -0.15) is 5.10 Å². The van der Waals surface area contributed by atoms with Crippen molar-refractivity contribution in [1.82, 2.24) is 15.2 Å². The fourth-order valence-corrected chi connectivity index (χ4v) is 4.47. The molecule has 0 radical (unpaired) electrons. The molecule has 1 aliphatic rings. The van der Waals surface area contributed by atoms with Crippen molar-refractivity contribution < 1.29 is 13.9 Å². The van der Waals surface area contributed by atoms with E-state index in [1.54, 1.807) is 25.4 Å². The van der Waals surface area contributed by atoms with E-state index in [2.05, 4.69) is 15.2 Å². The van der Waals surface area contributed by atoms with Crippen molar-refractivity contribution in [3.8, 4) is 10.4 Å². The van der Waals surface area contributed by atoms with E-state index < -0.39 is 24.4 Å². The Bertz CT molecular complexity index is 977. The van der Waals surface area contributed by atoms with Crippen LogP contribution < -0.4 is 5.56 Å². The van der Waals surface area contributed by atoms with Gasteiger partial charge in [0.15, 0.2) is 0 Å². The first kappa shape index (κ1) is 15.5. The van der Waals surface area contributed by atoms with Crippen LogP contribution in [0.2, 0.25) is 0 Å². The van der Waals surface area contributed by atoms with Gasteiger partial charge in [-0.05, 0) is 18.1 Å². The van der Waals surface area contributed by atoms with Gasteiger partial charge in [-0.3, -0.25) is 9.89 Å². The quantitative estimate of drug-likeness (QED) is 0.663. The Balaban J connectivity index is 2.03. The number of hydrogen-bond donors (Lipinski definition) is 3. The molecule has 0 aliphatic heterocycles. The van der Waals surface area contributed by atoms with Gasteiger partial charge in [0.2, 0.25) is 0 Å². The van der Waals surface area contributed by atoms with Crippen molar-refractivity contribution in [2.45, 2.75) is 37.7 Å². The molecule has 3 aromatic rings. The number of aromatic amines is 2. The maximum Gasteiger partial charge on any atom is 0.266 e. The maximum atomic E-state index is 14.2. The first-order valence-electron chi connectivity index (χ1n) is 7.61. The second-order valence-electron chi connectivity index (χ2n) is 6.24. The van der Waals surface area contributed by atoms with Crippen molar-refractivity contribution in [3.63, 3.8) is 0 Å². The predicted molar refractivity (Wildman–Crippen MR) is 87.5 cm³/mol. The molecular formula is C16H15F2N3O2S.